The number of nitrogens with one attached hydrogen (secondary N) is 1. The van der Waals surface area contributed by atoms with Gasteiger partial charge in [-0.3, -0.25) is 9.59 Å². The van der Waals surface area contributed by atoms with E-state index in [4.69, 9.17) is 11.6 Å². The second kappa shape index (κ2) is 6.10. The minimum atomic E-state index is -0.691. The molecular weight excluding hydrogens is 318 g/mol. The normalized spacial score (nSPS) is 10.7. The van der Waals surface area contributed by atoms with E-state index >= 15 is 0 Å². The lowest BCUT2D eigenvalue weighted by Crippen LogP contribution is -2.32. The summed E-state index contributed by atoms with van der Waals surface area (Å²) >= 11 is 5.88. The van der Waals surface area contributed by atoms with Gasteiger partial charge < -0.3 is 10.5 Å². The van der Waals surface area contributed by atoms with Gasteiger partial charge in [0.2, 0.25) is 5.82 Å². The van der Waals surface area contributed by atoms with Crippen molar-refractivity contribution in [3.8, 4) is 0 Å². The molecule has 116 valence electrons. The molecule has 3 aromatic rings. The smallest absolute Gasteiger partial charge is 0.294 e. The quantitative estimate of drug-likeness (QED) is 0.722. The van der Waals surface area contributed by atoms with Gasteiger partial charge in [0.25, 0.3) is 11.5 Å². The molecule has 7 heteroatoms. The highest BCUT2D eigenvalue weighted by atomic mass is 35.5. The number of hydrogen-bond acceptors (Lipinski definition) is 4. The fourth-order valence-corrected chi connectivity index (χ4v) is 2.39. The fourth-order valence-electron chi connectivity index (χ4n) is 2.18. The summed E-state index contributed by atoms with van der Waals surface area (Å²) < 4.78 is 0.260. The number of benzene rings is 2. The van der Waals surface area contributed by atoms with Crippen LogP contribution in [0.25, 0.3) is 10.9 Å². The minimum absolute atomic E-state index is 0.197. The molecule has 23 heavy (non-hydrogen) atoms. The molecule has 2 N–H and O–H groups in total. The number of para-hydroxylation sites is 1. The van der Waals surface area contributed by atoms with Crippen molar-refractivity contribution in [2.24, 2.45) is 0 Å². The van der Waals surface area contributed by atoms with Crippen molar-refractivity contribution < 1.29 is 10.0 Å². The Morgan fingerprint density at radius 3 is 2.78 bits per heavy atom. The lowest BCUT2D eigenvalue weighted by Gasteiger charge is -2.08. The third-order valence-corrected chi connectivity index (χ3v) is 3.53. The SMILES string of the molecule is O=C(NCc1cccc(Cl)c1)c1nc2ccccc2c(=O)n1O. The lowest BCUT2D eigenvalue weighted by atomic mass is 10.2. The van der Waals surface area contributed by atoms with Crippen LogP contribution in [0.5, 0.6) is 0 Å². The van der Waals surface area contributed by atoms with Crippen LogP contribution in [0.4, 0.5) is 0 Å². The van der Waals surface area contributed by atoms with E-state index in [1.807, 2.05) is 0 Å². The highest BCUT2D eigenvalue weighted by molar-refractivity contribution is 6.30. The molecule has 0 saturated heterocycles. The Balaban J connectivity index is 1.89. The van der Waals surface area contributed by atoms with E-state index in [1.165, 1.54) is 6.07 Å². The van der Waals surface area contributed by atoms with Crippen molar-refractivity contribution in [2.75, 3.05) is 0 Å². The molecule has 0 aliphatic carbocycles. The first-order chi connectivity index (χ1) is 11.1. The van der Waals surface area contributed by atoms with Crippen LogP contribution in [0.15, 0.2) is 53.3 Å². The van der Waals surface area contributed by atoms with E-state index in [0.717, 1.165) is 5.56 Å². The highest BCUT2D eigenvalue weighted by Gasteiger charge is 2.16. The third-order valence-electron chi connectivity index (χ3n) is 3.30. The van der Waals surface area contributed by atoms with Crippen LogP contribution in [0.1, 0.15) is 16.2 Å². The molecule has 2 aromatic carbocycles. The van der Waals surface area contributed by atoms with Crippen LogP contribution in [0.3, 0.4) is 0 Å². The number of hydrogen-bond donors (Lipinski definition) is 2. The molecule has 3 rings (SSSR count). The number of carbonyl (C=O) groups excluding carboxylic acids is 1. The molecule has 6 nitrogen and oxygen atoms in total. The van der Waals surface area contributed by atoms with Gasteiger partial charge in [0.1, 0.15) is 0 Å². The number of aromatic nitrogens is 2. The molecule has 1 amide bonds. The Hall–Kier alpha value is -2.86. The van der Waals surface area contributed by atoms with Crippen LogP contribution in [0, 0.1) is 0 Å². The van der Waals surface area contributed by atoms with Gasteiger partial charge in [-0.05, 0) is 29.8 Å². The van der Waals surface area contributed by atoms with Gasteiger partial charge in [-0.2, -0.15) is 0 Å². The molecular formula is C16H12ClN3O3. The fraction of sp³-hybridized carbons (Fsp3) is 0.0625. The maximum Gasteiger partial charge on any atom is 0.294 e. The molecule has 0 saturated carbocycles. The number of amides is 1. The van der Waals surface area contributed by atoms with Gasteiger partial charge in [0.15, 0.2) is 0 Å². The maximum atomic E-state index is 12.2. The summed E-state index contributed by atoms with van der Waals surface area (Å²) in [6.45, 7) is 0.197. The Bertz CT molecular complexity index is 953. The van der Waals surface area contributed by atoms with E-state index < -0.39 is 11.5 Å². The van der Waals surface area contributed by atoms with Gasteiger partial charge in [-0.15, -0.1) is 4.73 Å². The molecule has 0 spiro atoms. The molecule has 0 aliphatic heterocycles. The topological polar surface area (TPSA) is 84.2 Å². The van der Waals surface area contributed by atoms with Gasteiger partial charge in [-0.1, -0.05) is 35.9 Å². The number of nitrogens with zero attached hydrogens (tertiary/aromatic N) is 2. The summed E-state index contributed by atoms with van der Waals surface area (Å²) in [6, 6.07) is 13.5. The molecule has 0 bridgehead atoms. The zero-order valence-corrected chi connectivity index (χ0v) is 12.6. The van der Waals surface area contributed by atoms with Crippen molar-refractivity contribution in [2.45, 2.75) is 6.54 Å². The van der Waals surface area contributed by atoms with Crippen molar-refractivity contribution in [3.05, 3.63) is 75.3 Å². The minimum Gasteiger partial charge on any atom is -0.423 e. The summed E-state index contributed by atoms with van der Waals surface area (Å²) in [7, 11) is 0. The van der Waals surface area contributed by atoms with Crippen LogP contribution >= 0.6 is 11.6 Å². The largest absolute Gasteiger partial charge is 0.423 e. The molecule has 0 fully saturated rings. The van der Waals surface area contributed by atoms with Gasteiger partial charge in [0, 0.05) is 11.6 Å². The van der Waals surface area contributed by atoms with E-state index in [2.05, 4.69) is 10.3 Å². The van der Waals surface area contributed by atoms with Crippen LogP contribution < -0.4 is 10.9 Å². The summed E-state index contributed by atoms with van der Waals surface area (Å²) in [5.41, 5.74) is 0.442. The third kappa shape index (κ3) is 3.02. The van der Waals surface area contributed by atoms with E-state index in [1.54, 1.807) is 42.5 Å². The van der Waals surface area contributed by atoms with Crippen LogP contribution in [-0.4, -0.2) is 20.8 Å². The number of halogens is 1. The summed E-state index contributed by atoms with van der Waals surface area (Å²) in [6.07, 6.45) is 0. The maximum absolute atomic E-state index is 12.2. The van der Waals surface area contributed by atoms with Crippen molar-refractivity contribution >= 4 is 28.4 Å². The predicted molar refractivity (Wildman–Crippen MR) is 85.8 cm³/mol. The number of fused-ring (bicyclic) bond motifs is 1. The zero-order valence-electron chi connectivity index (χ0n) is 11.9. The lowest BCUT2D eigenvalue weighted by molar-refractivity contribution is 0.0878. The van der Waals surface area contributed by atoms with Crippen LogP contribution in [-0.2, 0) is 6.54 Å². The van der Waals surface area contributed by atoms with Crippen molar-refractivity contribution in [3.63, 3.8) is 0 Å². The zero-order chi connectivity index (χ0) is 16.4. The van der Waals surface area contributed by atoms with E-state index in [9.17, 15) is 14.8 Å². The first-order valence-corrected chi connectivity index (χ1v) is 7.18. The first-order valence-electron chi connectivity index (χ1n) is 6.80. The van der Waals surface area contributed by atoms with Crippen LogP contribution in [0.2, 0.25) is 5.02 Å². The summed E-state index contributed by atoms with van der Waals surface area (Å²) in [5.74, 6) is -1.02. The number of carbonyl (C=O) groups is 1. The van der Waals surface area contributed by atoms with Gasteiger partial charge >= 0.3 is 0 Å². The monoisotopic (exact) mass is 329 g/mol. The molecule has 0 atom stereocenters. The van der Waals surface area contributed by atoms with Crippen molar-refractivity contribution in [1.29, 1.82) is 0 Å². The van der Waals surface area contributed by atoms with Gasteiger partial charge in [0.05, 0.1) is 10.9 Å². The molecule has 0 aliphatic rings. The van der Waals surface area contributed by atoms with E-state index in [0.29, 0.717) is 10.5 Å². The Morgan fingerprint density at radius 2 is 2.00 bits per heavy atom. The summed E-state index contributed by atoms with van der Waals surface area (Å²) in [4.78, 5) is 28.3. The Kier molecular flexibility index (Phi) is 3.99. The molecule has 1 heterocycles. The Labute approximate surface area is 135 Å². The average Bonchev–Trinajstić information content (AvgIpc) is 2.56. The Morgan fingerprint density at radius 1 is 1.22 bits per heavy atom. The van der Waals surface area contributed by atoms with E-state index in [-0.39, 0.29) is 22.5 Å². The highest BCUT2D eigenvalue weighted by Crippen LogP contribution is 2.11. The first kappa shape index (κ1) is 15.1. The van der Waals surface area contributed by atoms with Crippen molar-refractivity contribution in [1.82, 2.24) is 15.0 Å². The second-order valence-corrected chi connectivity index (χ2v) is 5.32. The second-order valence-electron chi connectivity index (χ2n) is 4.88. The standard InChI is InChI=1S/C16H12ClN3O3/c17-11-5-3-4-10(8-11)9-18-15(21)14-19-13-7-2-1-6-12(13)16(22)20(14)23/h1-8,23H,9H2,(H,18,21). The van der Waals surface area contributed by atoms with Gasteiger partial charge in [-0.25, -0.2) is 4.98 Å². The number of rotatable bonds is 3. The predicted octanol–water partition coefficient (Wildman–Crippen LogP) is 2.22. The molecule has 0 unspecified atom stereocenters. The average molecular weight is 330 g/mol. The molecule has 1 aromatic heterocycles. The molecule has 0 radical (unpaired) electrons. The summed E-state index contributed by atoms with van der Waals surface area (Å²) in [5, 5.41) is 13.3.